The molecule has 0 spiro atoms. The zero-order valence-electron chi connectivity index (χ0n) is 18.0. The van der Waals surface area contributed by atoms with E-state index in [1.54, 1.807) is 51.5 Å². The number of nitrogens with one attached hydrogen (secondary N) is 1. The molecule has 4 rings (SSSR count). The molecule has 0 saturated heterocycles. The fraction of sp³-hybridized carbons (Fsp3) is 0.217. The topological polar surface area (TPSA) is 65.5 Å². The molecule has 0 aliphatic carbocycles. The lowest BCUT2D eigenvalue weighted by molar-refractivity contribution is -0.274. The van der Waals surface area contributed by atoms with E-state index in [1.165, 1.54) is 23.5 Å². The lowest BCUT2D eigenvalue weighted by Crippen LogP contribution is -2.17. The highest BCUT2D eigenvalue weighted by atomic mass is 32.1. The smallest absolute Gasteiger partial charge is 0.493 e. The van der Waals surface area contributed by atoms with Crippen LogP contribution in [0.2, 0.25) is 0 Å². The summed E-state index contributed by atoms with van der Waals surface area (Å²) in [5, 5.41) is 4.07. The second kappa shape index (κ2) is 9.14. The summed E-state index contributed by atoms with van der Waals surface area (Å²) in [6.07, 6.45) is -4.76. The van der Waals surface area contributed by atoms with Crippen molar-refractivity contribution in [3.8, 4) is 27.7 Å². The first kappa shape index (κ1) is 22.7. The lowest BCUT2D eigenvalue weighted by atomic mass is 10.1. The quantitative estimate of drug-likeness (QED) is 0.344. The normalized spacial score (nSPS) is 11.5. The highest BCUT2D eigenvalue weighted by Crippen LogP contribution is 2.38. The summed E-state index contributed by atoms with van der Waals surface area (Å²) in [6, 6.07) is 13.3. The van der Waals surface area contributed by atoms with Crippen molar-refractivity contribution in [3.05, 3.63) is 59.2 Å². The van der Waals surface area contributed by atoms with Crippen LogP contribution in [-0.4, -0.2) is 30.5 Å². The number of nitrogens with zero attached hydrogens (tertiary/aromatic N) is 2. The fourth-order valence-corrected chi connectivity index (χ4v) is 4.36. The van der Waals surface area contributed by atoms with Gasteiger partial charge in [-0.3, -0.25) is 0 Å². The molecule has 0 aliphatic rings. The van der Waals surface area contributed by atoms with E-state index >= 15 is 0 Å². The summed E-state index contributed by atoms with van der Waals surface area (Å²) in [7, 11) is 3.11. The fourth-order valence-electron chi connectivity index (χ4n) is 3.38. The third-order valence-corrected chi connectivity index (χ3v) is 5.90. The minimum atomic E-state index is -4.76. The number of benzene rings is 2. The minimum Gasteiger partial charge on any atom is -0.493 e. The number of hydrogen-bond donors (Lipinski definition) is 1. The molecular weight excluding hydrogens is 455 g/mol. The van der Waals surface area contributed by atoms with E-state index in [4.69, 9.17) is 9.47 Å². The average Bonchev–Trinajstić information content (AvgIpc) is 3.24. The molecule has 4 aromatic rings. The number of aryl methyl sites for hydroxylation is 1. The second-order valence-electron chi connectivity index (χ2n) is 7.01. The zero-order valence-corrected chi connectivity index (χ0v) is 18.8. The van der Waals surface area contributed by atoms with Crippen LogP contribution in [-0.2, 0) is 6.54 Å². The van der Waals surface area contributed by atoms with Crippen LogP contribution in [0.25, 0.3) is 21.3 Å². The summed E-state index contributed by atoms with van der Waals surface area (Å²) >= 11 is 1.37. The monoisotopic (exact) mass is 475 g/mol. The number of rotatable bonds is 7. The van der Waals surface area contributed by atoms with Crippen LogP contribution in [0, 0.1) is 6.92 Å². The Morgan fingerprint density at radius 3 is 2.39 bits per heavy atom. The number of alkyl halides is 3. The van der Waals surface area contributed by atoms with E-state index in [-0.39, 0.29) is 5.75 Å². The van der Waals surface area contributed by atoms with Crippen molar-refractivity contribution < 1.29 is 27.4 Å². The first-order valence-corrected chi connectivity index (χ1v) is 10.7. The van der Waals surface area contributed by atoms with Gasteiger partial charge in [-0.05, 0) is 37.3 Å². The number of thiophene rings is 1. The van der Waals surface area contributed by atoms with E-state index in [0.29, 0.717) is 45.6 Å². The zero-order chi connectivity index (χ0) is 23.6. The molecule has 172 valence electrons. The maximum atomic E-state index is 12.8. The lowest BCUT2D eigenvalue weighted by Gasteiger charge is -2.13. The van der Waals surface area contributed by atoms with Gasteiger partial charge in [-0.2, -0.15) is 0 Å². The molecule has 0 unspecified atom stereocenters. The number of fused-ring (bicyclic) bond motifs is 1. The maximum absolute atomic E-state index is 12.8. The van der Waals surface area contributed by atoms with E-state index in [9.17, 15) is 13.2 Å². The molecule has 0 radical (unpaired) electrons. The van der Waals surface area contributed by atoms with Crippen LogP contribution < -0.4 is 19.5 Å². The largest absolute Gasteiger partial charge is 0.573 e. The molecule has 2 aromatic heterocycles. The van der Waals surface area contributed by atoms with Gasteiger partial charge in [0.25, 0.3) is 0 Å². The summed E-state index contributed by atoms with van der Waals surface area (Å²) in [5.41, 5.74) is 1.08. The Labute approximate surface area is 192 Å². The van der Waals surface area contributed by atoms with Crippen molar-refractivity contribution in [2.75, 3.05) is 19.5 Å². The van der Waals surface area contributed by atoms with Crippen LogP contribution in [0.4, 0.5) is 19.0 Å². The Balaban J connectivity index is 1.60. The van der Waals surface area contributed by atoms with Crippen LogP contribution in [0.3, 0.4) is 0 Å². The second-order valence-corrected chi connectivity index (χ2v) is 8.18. The molecule has 6 nitrogen and oxygen atoms in total. The number of anilines is 1. The van der Waals surface area contributed by atoms with Gasteiger partial charge in [0.1, 0.15) is 17.4 Å². The van der Waals surface area contributed by atoms with Gasteiger partial charge < -0.3 is 19.5 Å². The molecule has 0 saturated carbocycles. The van der Waals surface area contributed by atoms with Gasteiger partial charge in [0, 0.05) is 26.8 Å². The maximum Gasteiger partial charge on any atom is 0.573 e. The molecule has 0 fully saturated rings. The molecule has 0 aliphatic heterocycles. The van der Waals surface area contributed by atoms with Crippen molar-refractivity contribution in [2.45, 2.75) is 19.8 Å². The van der Waals surface area contributed by atoms with Crippen molar-refractivity contribution in [1.29, 1.82) is 0 Å². The summed E-state index contributed by atoms with van der Waals surface area (Å²) < 4.78 is 53.2. The summed E-state index contributed by atoms with van der Waals surface area (Å²) in [4.78, 5) is 10.6. The van der Waals surface area contributed by atoms with Gasteiger partial charge in [0.2, 0.25) is 0 Å². The molecule has 2 aromatic carbocycles. The molecule has 10 heteroatoms. The van der Waals surface area contributed by atoms with Gasteiger partial charge in [-0.15, -0.1) is 24.5 Å². The van der Waals surface area contributed by atoms with Gasteiger partial charge >= 0.3 is 6.36 Å². The third-order valence-electron chi connectivity index (χ3n) is 4.78. The third kappa shape index (κ3) is 5.11. The van der Waals surface area contributed by atoms with Gasteiger partial charge in [-0.25, -0.2) is 9.97 Å². The van der Waals surface area contributed by atoms with E-state index in [1.807, 2.05) is 6.07 Å². The van der Waals surface area contributed by atoms with Crippen molar-refractivity contribution in [3.63, 3.8) is 0 Å². The molecule has 1 N–H and O–H groups in total. The Hall–Kier alpha value is -3.53. The highest BCUT2D eigenvalue weighted by molar-refractivity contribution is 7.15. The first-order chi connectivity index (χ1) is 15.8. The summed E-state index contributed by atoms with van der Waals surface area (Å²) in [5.74, 6) is 2.10. The Morgan fingerprint density at radius 1 is 0.939 bits per heavy atom. The first-order valence-electron chi connectivity index (χ1n) is 9.85. The van der Waals surface area contributed by atoms with E-state index in [2.05, 4.69) is 20.0 Å². The van der Waals surface area contributed by atoms with Crippen LogP contribution in [0.5, 0.6) is 17.2 Å². The molecule has 0 bridgehead atoms. The SMILES string of the molecule is COc1cc2nc(C)nc(NCc3ccc(-c4ccccc4OC(F)(F)F)s3)c2cc1OC. The number of methoxy groups -OCH3 is 2. The number of ether oxygens (including phenoxy) is 3. The van der Waals surface area contributed by atoms with Crippen LogP contribution >= 0.6 is 11.3 Å². The average molecular weight is 475 g/mol. The van der Waals surface area contributed by atoms with Crippen molar-refractivity contribution in [2.24, 2.45) is 0 Å². The Bertz CT molecular complexity index is 1290. The molecular formula is C23H20F3N3O3S. The Morgan fingerprint density at radius 2 is 1.67 bits per heavy atom. The number of halogens is 3. The van der Waals surface area contributed by atoms with Gasteiger partial charge in [0.15, 0.2) is 11.5 Å². The van der Waals surface area contributed by atoms with E-state index < -0.39 is 6.36 Å². The van der Waals surface area contributed by atoms with Gasteiger partial charge in [-0.1, -0.05) is 12.1 Å². The summed E-state index contributed by atoms with van der Waals surface area (Å²) in [6.45, 7) is 2.22. The van der Waals surface area contributed by atoms with Crippen LogP contribution in [0.1, 0.15) is 10.7 Å². The predicted octanol–water partition coefficient (Wildman–Crippen LogP) is 6.19. The van der Waals surface area contributed by atoms with E-state index in [0.717, 1.165) is 10.3 Å². The predicted molar refractivity (Wildman–Crippen MR) is 121 cm³/mol. The number of hydrogen-bond acceptors (Lipinski definition) is 7. The van der Waals surface area contributed by atoms with Crippen LogP contribution in [0.15, 0.2) is 48.5 Å². The highest BCUT2D eigenvalue weighted by Gasteiger charge is 2.32. The molecule has 33 heavy (non-hydrogen) atoms. The van der Waals surface area contributed by atoms with Gasteiger partial charge in [0.05, 0.1) is 26.3 Å². The number of aromatic nitrogens is 2. The van der Waals surface area contributed by atoms with Crippen molar-refractivity contribution >= 4 is 28.1 Å². The number of para-hydroxylation sites is 1. The molecule has 0 atom stereocenters. The van der Waals surface area contributed by atoms with Crippen molar-refractivity contribution in [1.82, 2.24) is 9.97 Å². The Kier molecular flexibility index (Phi) is 6.28. The minimum absolute atomic E-state index is 0.232. The standard InChI is InChI=1S/C23H20F3N3O3S/c1-13-28-17-11-20(31-3)19(30-2)10-16(17)22(29-13)27-12-14-8-9-21(33-14)15-6-4-5-7-18(15)32-23(24,25)26/h4-11H,12H2,1-3H3,(H,27,28,29). The molecule has 2 heterocycles. The molecule has 0 amide bonds.